The van der Waals surface area contributed by atoms with Crippen LogP contribution < -0.4 is 9.47 Å². The summed E-state index contributed by atoms with van der Waals surface area (Å²) in [5.74, 6) is 0.447. The van der Waals surface area contributed by atoms with Gasteiger partial charge in [-0.05, 0) is 48.7 Å². The Kier molecular flexibility index (Phi) is 7.70. The Balaban J connectivity index is 1.92. The molecule has 4 nitrogen and oxygen atoms in total. The largest absolute Gasteiger partial charge is 0.495 e. The van der Waals surface area contributed by atoms with Crippen molar-refractivity contribution in [1.82, 2.24) is 0 Å². The van der Waals surface area contributed by atoms with E-state index in [1.807, 2.05) is 30.3 Å². The van der Waals surface area contributed by atoms with Crippen LogP contribution in [-0.2, 0) is 6.42 Å². The Morgan fingerprint density at radius 1 is 1.04 bits per heavy atom. The van der Waals surface area contributed by atoms with Crippen molar-refractivity contribution in [1.29, 1.82) is 5.26 Å². The van der Waals surface area contributed by atoms with Gasteiger partial charge in [0.2, 0.25) is 0 Å². The van der Waals surface area contributed by atoms with Gasteiger partial charge in [0.25, 0.3) is 0 Å². The molecule has 4 heteroatoms. The van der Waals surface area contributed by atoms with Crippen LogP contribution in [-0.4, -0.2) is 13.1 Å². The first-order valence-corrected chi connectivity index (χ1v) is 9.07. The molecular formula is C22H25NO3. The van der Waals surface area contributed by atoms with Crippen LogP contribution in [0.4, 0.5) is 0 Å². The Labute approximate surface area is 155 Å². The minimum absolute atomic E-state index is 0.306. The van der Waals surface area contributed by atoms with Gasteiger partial charge in [-0.3, -0.25) is 0 Å². The number of nitrogens with zero attached hydrogens (tertiary/aromatic N) is 1. The monoisotopic (exact) mass is 351 g/mol. The standard InChI is InChI=1S/C22H25NO3/c1-3-4-5-6-7-8-17-9-12-20(13-10-17)26-22(24)18-11-14-21(25-2)19(15-18)16-23/h9-15H,3-8H2,1-2H3. The summed E-state index contributed by atoms with van der Waals surface area (Å²) >= 11 is 0. The lowest BCUT2D eigenvalue weighted by Gasteiger charge is -2.08. The van der Waals surface area contributed by atoms with Crippen LogP contribution in [0.15, 0.2) is 42.5 Å². The van der Waals surface area contributed by atoms with Gasteiger partial charge in [-0.2, -0.15) is 5.26 Å². The number of methoxy groups -OCH3 is 1. The highest BCUT2D eigenvalue weighted by atomic mass is 16.5. The predicted molar refractivity (Wildman–Crippen MR) is 102 cm³/mol. The number of carbonyl (C=O) groups excluding carboxylic acids is 1. The fourth-order valence-corrected chi connectivity index (χ4v) is 2.75. The number of nitriles is 1. The fraction of sp³-hybridized carbons (Fsp3) is 0.364. The third-order valence-electron chi connectivity index (χ3n) is 4.26. The lowest BCUT2D eigenvalue weighted by atomic mass is 10.1. The molecule has 0 aliphatic carbocycles. The van der Waals surface area contributed by atoms with Crippen LogP contribution in [0.5, 0.6) is 11.5 Å². The maximum absolute atomic E-state index is 12.3. The topological polar surface area (TPSA) is 59.3 Å². The number of hydrogen-bond donors (Lipinski definition) is 0. The second kappa shape index (κ2) is 10.2. The summed E-state index contributed by atoms with van der Waals surface area (Å²) in [5.41, 5.74) is 1.88. The molecule has 2 rings (SSSR count). The Hall–Kier alpha value is -2.80. The van der Waals surface area contributed by atoms with Crippen molar-refractivity contribution in [3.63, 3.8) is 0 Å². The van der Waals surface area contributed by atoms with Crippen molar-refractivity contribution >= 4 is 5.97 Å². The summed E-state index contributed by atoms with van der Waals surface area (Å²) < 4.78 is 10.5. The number of ether oxygens (including phenoxy) is 2. The zero-order valence-electron chi connectivity index (χ0n) is 15.5. The number of hydrogen-bond acceptors (Lipinski definition) is 4. The predicted octanol–water partition coefficient (Wildman–Crippen LogP) is 5.30. The molecular weight excluding hydrogens is 326 g/mol. The second-order valence-electron chi connectivity index (χ2n) is 6.22. The van der Waals surface area contributed by atoms with Crippen LogP contribution in [0.2, 0.25) is 0 Å². The number of aryl methyl sites for hydroxylation is 1. The summed E-state index contributed by atoms with van der Waals surface area (Å²) in [5, 5.41) is 9.11. The van der Waals surface area contributed by atoms with Gasteiger partial charge in [0.05, 0.1) is 18.2 Å². The highest BCUT2D eigenvalue weighted by Crippen LogP contribution is 2.21. The highest BCUT2D eigenvalue weighted by molar-refractivity contribution is 5.91. The van der Waals surface area contributed by atoms with Crippen LogP contribution >= 0.6 is 0 Å². The first-order valence-electron chi connectivity index (χ1n) is 9.07. The SMILES string of the molecule is CCCCCCCc1ccc(OC(=O)c2ccc(OC)c(C#N)c2)cc1. The maximum atomic E-state index is 12.3. The van der Waals surface area contributed by atoms with E-state index >= 15 is 0 Å². The summed E-state index contributed by atoms with van der Waals surface area (Å²) in [6.07, 6.45) is 7.32. The van der Waals surface area contributed by atoms with Crippen molar-refractivity contribution in [2.24, 2.45) is 0 Å². The van der Waals surface area contributed by atoms with Crippen molar-refractivity contribution < 1.29 is 14.3 Å². The van der Waals surface area contributed by atoms with Gasteiger partial charge in [-0.25, -0.2) is 4.79 Å². The summed E-state index contributed by atoms with van der Waals surface area (Å²) in [7, 11) is 1.49. The van der Waals surface area contributed by atoms with Gasteiger partial charge in [-0.1, -0.05) is 44.7 Å². The lowest BCUT2D eigenvalue weighted by molar-refractivity contribution is 0.0734. The first kappa shape index (κ1) is 19.5. The van der Waals surface area contributed by atoms with E-state index in [0.717, 1.165) is 6.42 Å². The molecule has 0 saturated carbocycles. The van der Waals surface area contributed by atoms with Crippen molar-refractivity contribution in [3.05, 3.63) is 59.2 Å². The van der Waals surface area contributed by atoms with Crippen LogP contribution in [0.1, 0.15) is 60.5 Å². The van der Waals surface area contributed by atoms with E-state index in [1.165, 1.54) is 50.8 Å². The molecule has 0 atom stereocenters. The minimum atomic E-state index is -0.489. The summed E-state index contributed by atoms with van der Waals surface area (Å²) in [4.78, 5) is 12.3. The van der Waals surface area contributed by atoms with E-state index < -0.39 is 5.97 Å². The number of carbonyl (C=O) groups is 1. The molecule has 0 bridgehead atoms. The number of rotatable bonds is 9. The van der Waals surface area contributed by atoms with E-state index in [-0.39, 0.29) is 0 Å². The van der Waals surface area contributed by atoms with Gasteiger partial charge in [0, 0.05) is 0 Å². The Morgan fingerprint density at radius 2 is 1.77 bits per heavy atom. The molecule has 2 aromatic carbocycles. The van der Waals surface area contributed by atoms with Crippen molar-refractivity contribution in [2.45, 2.75) is 45.4 Å². The third-order valence-corrected chi connectivity index (χ3v) is 4.26. The van der Waals surface area contributed by atoms with E-state index in [1.54, 1.807) is 12.1 Å². The van der Waals surface area contributed by atoms with E-state index in [2.05, 4.69) is 6.92 Å². The molecule has 26 heavy (non-hydrogen) atoms. The number of unbranched alkanes of at least 4 members (excludes halogenated alkanes) is 4. The molecule has 0 fully saturated rings. The van der Waals surface area contributed by atoms with Gasteiger partial charge in [0.1, 0.15) is 17.6 Å². The zero-order chi connectivity index (χ0) is 18.8. The van der Waals surface area contributed by atoms with E-state index in [0.29, 0.717) is 22.6 Å². The molecule has 0 aromatic heterocycles. The minimum Gasteiger partial charge on any atom is -0.495 e. The molecule has 0 saturated heterocycles. The molecule has 0 N–H and O–H groups in total. The molecule has 0 heterocycles. The maximum Gasteiger partial charge on any atom is 0.343 e. The van der Waals surface area contributed by atoms with E-state index in [4.69, 9.17) is 14.7 Å². The number of esters is 1. The van der Waals surface area contributed by atoms with Gasteiger partial charge < -0.3 is 9.47 Å². The molecule has 0 radical (unpaired) electrons. The molecule has 0 spiro atoms. The summed E-state index contributed by atoms with van der Waals surface area (Å²) in [6, 6.07) is 14.3. The average molecular weight is 351 g/mol. The normalized spacial score (nSPS) is 10.2. The molecule has 0 unspecified atom stereocenters. The lowest BCUT2D eigenvalue weighted by Crippen LogP contribution is -2.09. The summed E-state index contributed by atoms with van der Waals surface area (Å²) in [6.45, 7) is 2.22. The molecule has 0 amide bonds. The number of benzene rings is 2. The van der Waals surface area contributed by atoms with E-state index in [9.17, 15) is 4.79 Å². The van der Waals surface area contributed by atoms with Gasteiger partial charge in [-0.15, -0.1) is 0 Å². The Bertz CT molecular complexity index is 760. The van der Waals surface area contributed by atoms with Crippen LogP contribution in [0.3, 0.4) is 0 Å². The molecule has 2 aromatic rings. The van der Waals surface area contributed by atoms with Crippen molar-refractivity contribution in [2.75, 3.05) is 7.11 Å². The average Bonchev–Trinajstić information content (AvgIpc) is 2.68. The fourth-order valence-electron chi connectivity index (χ4n) is 2.75. The Morgan fingerprint density at radius 3 is 2.42 bits per heavy atom. The van der Waals surface area contributed by atoms with Crippen molar-refractivity contribution in [3.8, 4) is 17.6 Å². The molecule has 136 valence electrons. The van der Waals surface area contributed by atoms with Gasteiger partial charge in [0.15, 0.2) is 0 Å². The smallest absolute Gasteiger partial charge is 0.343 e. The quantitative estimate of drug-likeness (QED) is 0.349. The first-order chi connectivity index (χ1) is 12.7. The molecule has 0 aliphatic rings. The molecule has 0 aliphatic heterocycles. The second-order valence-corrected chi connectivity index (χ2v) is 6.22. The van der Waals surface area contributed by atoms with Crippen LogP contribution in [0, 0.1) is 11.3 Å². The zero-order valence-corrected chi connectivity index (χ0v) is 15.5. The van der Waals surface area contributed by atoms with Gasteiger partial charge >= 0.3 is 5.97 Å². The third kappa shape index (κ3) is 5.63. The van der Waals surface area contributed by atoms with Crippen LogP contribution in [0.25, 0.3) is 0 Å². The highest BCUT2D eigenvalue weighted by Gasteiger charge is 2.12.